The standard InChI is InChI=1S/C13H9BrClNO4/c14-9-2-3-10(15)13(6-9)20-12-4-1-8(7-17)5-11(12)16(18)19/h1-6,17H,7H2. The third-order valence-corrected chi connectivity index (χ3v) is 3.32. The monoisotopic (exact) mass is 357 g/mol. The highest BCUT2D eigenvalue weighted by atomic mass is 79.9. The summed E-state index contributed by atoms with van der Waals surface area (Å²) in [5.74, 6) is 0.369. The van der Waals surface area contributed by atoms with Crippen LogP contribution in [-0.2, 0) is 6.61 Å². The van der Waals surface area contributed by atoms with E-state index in [2.05, 4.69) is 15.9 Å². The Hall–Kier alpha value is -1.63. The molecule has 0 unspecified atom stereocenters. The van der Waals surface area contributed by atoms with E-state index in [-0.39, 0.29) is 18.0 Å². The van der Waals surface area contributed by atoms with Gasteiger partial charge >= 0.3 is 5.69 Å². The predicted molar refractivity (Wildman–Crippen MR) is 78.2 cm³/mol. The van der Waals surface area contributed by atoms with E-state index in [1.165, 1.54) is 12.1 Å². The molecule has 0 amide bonds. The summed E-state index contributed by atoms with van der Waals surface area (Å²) in [4.78, 5) is 10.5. The van der Waals surface area contributed by atoms with Crippen LogP contribution in [0.1, 0.15) is 5.56 Å². The number of halogens is 2. The minimum Gasteiger partial charge on any atom is -0.449 e. The molecule has 2 aromatic carbocycles. The number of hydrogen-bond donors (Lipinski definition) is 1. The molecule has 20 heavy (non-hydrogen) atoms. The molecule has 0 aliphatic carbocycles. The van der Waals surface area contributed by atoms with Crippen molar-refractivity contribution in [3.63, 3.8) is 0 Å². The first-order valence-electron chi connectivity index (χ1n) is 5.52. The van der Waals surface area contributed by atoms with Crippen molar-refractivity contribution >= 4 is 33.2 Å². The van der Waals surface area contributed by atoms with Crippen LogP contribution < -0.4 is 4.74 Å². The fraction of sp³-hybridized carbons (Fsp3) is 0.0769. The molecule has 0 spiro atoms. The van der Waals surface area contributed by atoms with Crippen molar-refractivity contribution in [1.82, 2.24) is 0 Å². The number of hydrogen-bond acceptors (Lipinski definition) is 4. The lowest BCUT2D eigenvalue weighted by Crippen LogP contribution is -1.96. The van der Waals surface area contributed by atoms with Gasteiger partial charge in [0.15, 0.2) is 0 Å². The lowest BCUT2D eigenvalue weighted by molar-refractivity contribution is -0.385. The van der Waals surface area contributed by atoms with Crippen LogP contribution >= 0.6 is 27.5 Å². The fourth-order valence-corrected chi connectivity index (χ4v) is 2.06. The lowest BCUT2D eigenvalue weighted by atomic mass is 10.2. The number of nitro groups is 1. The molecule has 0 radical (unpaired) electrons. The minimum absolute atomic E-state index is 0.0622. The summed E-state index contributed by atoms with van der Waals surface area (Å²) >= 11 is 9.26. The molecule has 0 heterocycles. The highest BCUT2D eigenvalue weighted by Gasteiger charge is 2.17. The number of nitrogens with zero attached hydrogens (tertiary/aromatic N) is 1. The van der Waals surface area contributed by atoms with Crippen LogP contribution in [-0.4, -0.2) is 10.0 Å². The molecule has 1 N–H and O–H groups in total. The van der Waals surface area contributed by atoms with Gasteiger partial charge in [-0.15, -0.1) is 0 Å². The summed E-state index contributed by atoms with van der Waals surface area (Å²) in [7, 11) is 0. The van der Waals surface area contributed by atoms with Crippen molar-refractivity contribution in [2.24, 2.45) is 0 Å². The molecular weight excluding hydrogens is 350 g/mol. The highest BCUT2D eigenvalue weighted by molar-refractivity contribution is 9.10. The van der Waals surface area contributed by atoms with Gasteiger partial charge in [0.2, 0.25) is 5.75 Å². The third kappa shape index (κ3) is 3.27. The Morgan fingerprint density at radius 1 is 1.25 bits per heavy atom. The number of nitro benzene ring substituents is 1. The summed E-state index contributed by atoms with van der Waals surface area (Å²) in [6.07, 6.45) is 0. The van der Waals surface area contributed by atoms with Crippen molar-refractivity contribution in [2.45, 2.75) is 6.61 Å². The minimum atomic E-state index is -0.569. The first kappa shape index (κ1) is 14.8. The zero-order valence-electron chi connectivity index (χ0n) is 10.0. The number of rotatable bonds is 4. The zero-order valence-corrected chi connectivity index (χ0v) is 12.4. The second-order valence-electron chi connectivity index (χ2n) is 3.89. The van der Waals surface area contributed by atoms with Gasteiger partial charge in [-0.05, 0) is 29.8 Å². The second kappa shape index (κ2) is 6.21. The maximum Gasteiger partial charge on any atom is 0.311 e. The number of ether oxygens (including phenoxy) is 1. The first-order valence-corrected chi connectivity index (χ1v) is 6.69. The number of aliphatic hydroxyl groups is 1. The summed E-state index contributed by atoms with van der Waals surface area (Å²) in [5.41, 5.74) is 0.206. The maximum absolute atomic E-state index is 11.0. The van der Waals surface area contributed by atoms with Gasteiger partial charge in [-0.2, -0.15) is 0 Å². The second-order valence-corrected chi connectivity index (χ2v) is 5.22. The van der Waals surface area contributed by atoms with Crippen molar-refractivity contribution < 1.29 is 14.8 Å². The molecule has 0 saturated heterocycles. The van der Waals surface area contributed by atoms with Crippen LogP contribution in [0, 0.1) is 10.1 Å². The van der Waals surface area contributed by atoms with E-state index >= 15 is 0 Å². The Morgan fingerprint density at radius 3 is 2.65 bits per heavy atom. The van der Waals surface area contributed by atoms with Crippen LogP contribution in [0.15, 0.2) is 40.9 Å². The number of aliphatic hydroxyl groups excluding tert-OH is 1. The smallest absolute Gasteiger partial charge is 0.311 e. The van der Waals surface area contributed by atoms with Crippen molar-refractivity contribution in [1.29, 1.82) is 0 Å². The Balaban J connectivity index is 2.42. The summed E-state index contributed by atoms with van der Waals surface area (Å²) in [5, 5.41) is 20.4. The molecule has 7 heteroatoms. The molecule has 2 rings (SSSR count). The molecular formula is C13H9BrClNO4. The molecule has 0 fully saturated rings. The van der Waals surface area contributed by atoms with Crippen LogP contribution in [0.4, 0.5) is 5.69 Å². The highest BCUT2D eigenvalue weighted by Crippen LogP contribution is 2.36. The Kier molecular flexibility index (Phi) is 4.59. The largest absolute Gasteiger partial charge is 0.449 e. The molecule has 0 aliphatic heterocycles. The molecule has 0 bridgehead atoms. The Bertz CT molecular complexity index is 663. The van der Waals surface area contributed by atoms with Crippen LogP contribution in [0.3, 0.4) is 0 Å². The van der Waals surface area contributed by atoms with Gasteiger partial charge in [-0.25, -0.2) is 0 Å². The predicted octanol–water partition coefficient (Wildman–Crippen LogP) is 4.30. The van der Waals surface area contributed by atoms with E-state index in [1.807, 2.05) is 0 Å². The van der Waals surface area contributed by atoms with Gasteiger partial charge in [0.25, 0.3) is 0 Å². The van der Waals surface area contributed by atoms with E-state index in [9.17, 15) is 10.1 Å². The van der Waals surface area contributed by atoms with Crippen molar-refractivity contribution in [2.75, 3.05) is 0 Å². The zero-order chi connectivity index (χ0) is 14.7. The van der Waals surface area contributed by atoms with E-state index in [0.29, 0.717) is 16.3 Å². The quantitative estimate of drug-likeness (QED) is 0.653. The summed E-state index contributed by atoms with van der Waals surface area (Å²) in [6, 6.07) is 9.22. The van der Waals surface area contributed by atoms with Crippen LogP contribution in [0.5, 0.6) is 11.5 Å². The summed E-state index contributed by atoms with van der Waals surface area (Å²) in [6.45, 7) is -0.279. The van der Waals surface area contributed by atoms with E-state index in [1.54, 1.807) is 24.3 Å². The summed E-state index contributed by atoms with van der Waals surface area (Å²) < 4.78 is 6.24. The van der Waals surface area contributed by atoms with Gasteiger partial charge in [0.1, 0.15) is 5.75 Å². The fourth-order valence-electron chi connectivity index (χ4n) is 1.56. The first-order chi connectivity index (χ1) is 9.51. The lowest BCUT2D eigenvalue weighted by Gasteiger charge is -2.09. The van der Waals surface area contributed by atoms with E-state index in [0.717, 1.165) is 4.47 Å². The third-order valence-electron chi connectivity index (χ3n) is 2.52. The van der Waals surface area contributed by atoms with Gasteiger partial charge in [0.05, 0.1) is 16.6 Å². The average molecular weight is 359 g/mol. The van der Waals surface area contributed by atoms with Crippen molar-refractivity contribution in [3.8, 4) is 11.5 Å². The molecule has 0 saturated carbocycles. The molecule has 0 atom stereocenters. The molecule has 5 nitrogen and oxygen atoms in total. The van der Waals surface area contributed by atoms with E-state index in [4.69, 9.17) is 21.4 Å². The molecule has 0 aromatic heterocycles. The van der Waals surface area contributed by atoms with Crippen molar-refractivity contribution in [3.05, 3.63) is 61.6 Å². The normalized spacial score (nSPS) is 10.3. The average Bonchev–Trinajstić information content (AvgIpc) is 2.43. The van der Waals surface area contributed by atoms with Gasteiger partial charge in [0, 0.05) is 10.5 Å². The Labute approximate surface area is 128 Å². The Morgan fingerprint density at radius 2 is 2.00 bits per heavy atom. The molecule has 104 valence electrons. The van der Waals surface area contributed by atoms with Gasteiger partial charge < -0.3 is 9.84 Å². The maximum atomic E-state index is 11.0. The van der Waals surface area contributed by atoms with E-state index < -0.39 is 4.92 Å². The molecule has 2 aromatic rings. The SMILES string of the molecule is O=[N+]([O-])c1cc(CO)ccc1Oc1cc(Br)ccc1Cl. The van der Waals surface area contributed by atoms with Gasteiger partial charge in [-0.3, -0.25) is 10.1 Å². The number of benzene rings is 2. The van der Waals surface area contributed by atoms with Gasteiger partial charge in [-0.1, -0.05) is 33.6 Å². The van der Waals surface area contributed by atoms with Crippen LogP contribution in [0.25, 0.3) is 0 Å². The molecule has 0 aliphatic rings. The van der Waals surface area contributed by atoms with Crippen LogP contribution in [0.2, 0.25) is 5.02 Å². The topological polar surface area (TPSA) is 72.6 Å².